The minimum absolute atomic E-state index is 0.329. The van der Waals surface area contributed by atoms with E-state index in [0.29, 0.717) is 11.8 Å². The van der Waals surface area contributed by atoms with Gasteiger partial charge in [0, 0.05) is 11.8 Å². The van der Waals surface area contributed by atoms with Crippen molar-refractivity contribution in [1.29, 1.82) is 0 Å². The van der Waals surface area contributed by atoms with E-state index < -0.39 is 0 Å². The van der Waals surface area contributed by atoms with E-state index in [2.05, 4.69) is 76.3 Å². The molecule has 2 aromatic rings. The second-order valence-corrected chi connectivity index (χ2v) is 6.69. The molecule has 0 N–H and O–H groups in total. The smallest absolute Gasteiger partial charge is 0.102 e. The van der Waals surface area contributed by atoms with Crippen LogP contribution in [0.1, 0.15) is 5.56 Å². The summed E-state index contributed by atoms with van der Waals surface area (Å²) in [4.78, 5) is 0. The Bertz CT molecular complexity index is 962. The van der Waals surface area contributed by atoms with Crippen molar-refractivity contribution in [2.45, 2.75) is 0 Å². The topological polar surface area (TPSA) is 0 Å². The maximum Gasteiger partial charge on any atom is 0.192 e. The zero-order chi connectivity index (χ0) is 16.3. The van der Waals surface area contributed by atoms with Crippen LogP contribution in [0.2, 0.25) is 0 Å². The molecule has 2 radical (unpaired) electrons. The van der Waals surface area contributed by atoms with Crippen LogP contribution < -0.4 is 16.4 Å². The molecule has 0 spiro atoms. The molecule has 3 aliphatic rings. The van der Waals surface area contributed by atoms with Crippen LogP contribution in [-0.2, 0) is 0 Å². The molecular formula is C22H16B2. The number of hydrogen-bond donors (Lipinski definition) is 0. The zero-order valence-electron chi connectivity index (χ0n) is 13.5. The van der Waals surface area contributed by atoms with Crippen LogP contribution in [0.5, 0.6) is 0 Å². The average Bonchev–Trinajstić information content (AvgIpc) is 3.18. The van der Waals surface area contributed by atoms with Gasteiger partial charge in [-0.2, -0.15) is 0 Å². The van der Waals surface area contributed by atoms with Crippen molar-refractivity contribution < 1.29 is 0 Å². The van der Waals surface area contributed by atoms with Gasteiger partial charge in [-0.15, -0.1) is 13.2 Å². The Labute approximate surface area is 144 Å². The van der Waals surface area contributed by atoms with Gasteiger partial charge >= 0.3 is 0 Å². The molecule has 24 heavy (non-hydrogen) atoms. The van der Waals surface area contributed by atoms with Crippen molar-refractivity contribution in [3.05, 3.63) is 84.9 Å². The number of allylic oxidation sites excluding steroid dienone is 6. The van der Waals surface area contributed by atoms with E-state index >= 15 is 0 Å². The van der Waals surface area contributed by atoms with Crippen LogP contribution >= 0.6 is 0 Å². The molecule has 2 heteroatoms. The normalized spacial score (nSPS) is 22.0. The lowest BCUT2D eigenvalue weighted by Crippen LogP contribution is -2.37. The third kappa shape index (κ3) is 1.77. The summed E-state index contributed by atoms with van der Waals surface area (Å²) in [7, 11) is 4.67. The summed E-state index contributed by atoms with van der Waals surface area (Å²) in [5.74, 6) is 0.663. The molecule has 2 aliphatic heterocycles. The fourth-order valence-corrected chi connectivity index (χ4v) is 4.23. The van der Waals surface area contributed by atoms with Gasteiger partial charge in [-0.05, 0) is 22.3 Å². The van der Waals surface area contributed by atoms with Gasteiger partial charge in [-0.1, -0.05) is 82.6 Å². The van der Waals surface area contributed by atoms with Crippen molar-refractivity contribution >= 4 is 36.5 Å². The summed E-state index contributed by atoms with van der Waals surface area (Å²) in [6, 6.07) is 13.2. The Morgan fingerprint density at radius 3 is 2.29 bits per heavy atom. The van der Waals surface area contributed by atoms with Gasteiger partial charge in [-0.25, -0.2) is 0 Å². The lowest BCUT2D eigenvalue weighted by atomic mass is 9.56. The van der Waals surface area contributed by atoms with Gasteiger partial charge in [0.05, 0.1) is 0 Å². The Hall–Kier alpha value is -2.47. The van der Waals surface area contributed by atoms with E-state index in [9.17, 15) is 0 Å². The first-order valence-electron chi connectivity index (χ1n) is 8.45. The quantitative estimate of drug-likeness (QED) is 0.504. The third-order valence-electron chi connectivity index (χ3n) is 5.46. The molecule has 0 aromatic heterocycles. The largest absolute Gasteiger partial charge is 0.192 e. The summed E-state index contributed by atoms with van der Waals surface area (Å²) >= 11 is 0. The molecule has 1 aliphatic carbocycles. The van der Waals surface area contributed by atoms with Crippen molar-refractivity contribution in [2.24, 2.45) is 11.8 Å². The lowest BCUT2D eigenvalue weighted by Gasteiger charge is -2.22. The first-order valence-corrected chi connectivity index (χ1v) is 8.45. The number of rotatable bonds is 2. The van der Waals surface area contributed by atoms with E-state index in [1.165, 1.54) is 44.1 Å². The minimum atomic E-state index is 0.329. The standard InChI is InChI=1S/C22H16B2/c1-3-13-11-18-17-10-9-16-15-7-5-6-8-19(15)23-21(16)22(17)24-20(18)12-14(13)4-2/h3-14H,1-2H2. The first kappa shape index (κ1) is 13.9. The van der Waals surface area contributed by atoms with Gasteiger partial charge in [-0.3, -0.25) is 0 Å². The van der Waals surface area contributed by atoms with Gasteiger partial charge in [0.15, 0.2) is 14.6 Å². The van der Waals surface area contributed by atoms with Crippen LogP contribution in [0.15, 0.2) is 79.3 Å². The molecule has 0 nitrogen and oxygen atoms in total. The second kappa shape index (κ2) is 5.01. The second-order valence-electron chi connectivity index (χ2n) is 6.69. The van der Waals surface area contributed by atoms with E-state index in [1.54, 1.807) is 0 Å². The molecule has 2 atom stereocenters. The highest BCUT2D eigenvalue weighted by atomic mass is 14.3. The highest BCUT2D eigenvalue weighted by molar-refractivity contribution is 6.83. The molecule has 0 saturated heterocycles. The van der Waals surface area contributed by atoms with Crippen LogP contribution in [0.3, 0.4) is 0 Å². The summed E-state index contributed by atoms with van der Waals surface area (Å²) in [6.07, 6.45) is 8.74. The van der Waals surface area contributed by atoms with Crippen LogP contribution in [0.25, 0.3) is 16.7 Å². The molecule has 110 valence electrons. The lowest BCUT2D eigenvalue weighted by molar-refractivity contribution is 0.672. The summed E-state index contributed by atoms with van der Waals surface area (Å²) in [5, 5.41) is 0. The monoisotopic (exact) mass is 302 g/mol. The average molecular weight is 302 g/mol. The highest BCUT2D eigenvalue weighted by Crippen LogP contribution is 2.37. The fourth-order valence-electron chi connectivity index (χ4n) is 4.23. The van der Waals surface area contributed by atoms with Gasteiger partial charge in [0.2, 0.25) is 0 Å². The van der Waals surface area contributed by atoms with Crippen molar-refractivity contribution in [3.63, 3.8) is 0 Å². The van der Waals surface area contributed by atoms with Crippen LogP contribution in [-0.4, -0.2) is 14.6 Å². The van der Waals surface area contributed by atoms with Gasteiger partial charge in [0.25, 0.3) is 0 Å². The third-order valence-corrected chi connectivity index (χ3v) is 5.46. The van der Waals surface area contributed by atoms with Crippen molar-refractivity contribution in [3.8, 4) is 11.1 Å². The first-order chi connectivity index (χ1) is 11.8. The number of hydrogen-bond acceptors (Lipinski definition) is 0. The van der Waals surface area contributed by atoms with E-state index in [1.807, 2.05) is 12.2 Å². The Morgan fingerprint density at radius 2 is 1.46 bits per heavy atom. The summed E-state index contributed by atoms with van der Waals surface area (Å²) < 4.78 is 0. The van der Waals surface area contributed by atoms with Crippen LogP contribution in [0.4, 0.5) is 0 Å². The predicted octanol–water partition coefficient (Wildman–Crippen LogP) is 2.55. The highest BCUT2D eigenvalue weighted by Gasteiger charge is 2.33. The van der Waals surface area contributed by atoms with E-state index in [4.69, 9.17) is 0 Å². The predicted molar refractivity (Wildman–Crippen MR) is 106 cm³/mol. The summed E-state index contributed by atoms with van der Waals surface area (Å²) in [5.41, 5.74) is 10.7. The van der Waals surface area contributed by atoms with E-state index in [-0.39, 0.29) is 0 Å². The molecule has 5 rings (SSSR count). The summed E-state index contributed by atoms with van der Waals surface area (Å²) in [6.45, 7) is 7.99. The zero-order valence-corrected chi connectivity index (χ0v) is 13.5. The van der Waals surface area contributed by atoms with Crippen molar-refractivity contribution in [1.82, 2.24) is 0 Å². The molecule has 2 heterocycles. The molecule has 0 saturated carbocycles. The Morgan fingerprint density at radius 1 is 0.750 bits per heavy atom. The molecular weight excluding hydrogens is 286 g/mol. The van der Waals surface area contributed by atoms with Gasteiger partial charge < -0.3 is 0 Å². The Balaban J connectivity index is 1.68. The SMILES string of the molecule is C=CC1C=C2[B]c3c(ccc4c3[B]c3ccccc3-4)C2=CC1C=C. The van der Waals surface area contributed by atoms with Gasteiger partial charge in [0.1, 0.15) is 0 Å². The van der Waals surface area contributed by atoms with Crippen molar-refractivity contribution in [2.75, 3.05) is 0 Å². The molecule has 2 unspecified atom stereocenters. The maximum absolute atomic E-state index is 4.00. The van der Waals surface area contributed by atoms with Crippen LogP contribution in [0, 0.1) is 11.8 Å². The minimum Gasteiger partial charge on any atom is -0.102 e. The van der Waals surface area contributed by atoms with E-state index in [0.717, 1.165) is 0 Å². The molecule has 0 bridgehead atoms. The Kier molecular flexibility index (Phi) is 2.91. The fraction of sp³-hybridized carbons (Fsp3) is 0.0909. The molecule has 0 amide bonds. The number of fused-ring (bicyclic) bond motifs is 7. The molecule has 2 aromatic carbocycles. The molecule has 0 fully saturated rings. The number of benzene rings is 2. The maximum atomic E-state index is 4.00.